The SMILES string of the molecule is Cc1ccc(NC(=O)NC(CC(=O)O)C(=O)O)cc1Cl. The van der Waals surface area contributed by atoms with Crippen molar-refractivity contribution in [2.24, 2.45) is 0 Å². The van der Waals surface area contributed by atoms with Crippen LogP contribution < -0.4 is 10.6 Å². The Hall–Kier alpha value is -2.28. The third kappa shape index (κ3) is 4.77. The summed E-state index contributed by atoms with van der Waals surface area (Å²) in [6.07, 6.45) is -0.711. The molecule has 0 saturated carbocycles. The number of halogens is 1. The molecule has 0 aromatic heterocycles. The molecule has 1 aromatic carbocycles. The Morgan fingerprint density at radius 3 is 2.45 bits per heavy atom. The molecule has 0 aliphatic rings. The van der Waals surface area contributed by atoms with Gasteiger partial charge in [0.1, 0.15) is 6.04 Å². The first-order chi connectivity index (χ1) is 9.29. The Morgan fingerprint density at radius 1 is 1.30 bits per heavy atom. The van der Waals surface area contributed by atoms with Crippen LogP contribution in [-0.2, 0) is 9.59 Å². The molecule has 1 rings (SSSR count). The number of hydrogen-bond donors (Lipinski definition) is 4. The van der Waals surface area contributed by atoms with Crippen molar-refractivity contribution in [3.63, 3.8) is 0 Å². The van der Waals surface area contributed by atoms with Gasteiger partial charge in [0.05, 0.1) is 6.42 Å². The third-order valence-corrected chi connectivity index (χ3v) is 2.82. The molecule has 0 heterocycles. The molecular formula is C12H13ClN2O5. The van der Waals surface area contributed by atoms with Gasteiger partial charge in [-0.2, -0.15) is 0 Å². The number of carbonyl (C=O) groups is 3. The average molecular weight is 301 g/mol. The van der Waals surface area contributed by atoms with Crippen LogP contribution in [0.3, 0.4) is 0 Å². The second-order valence-corrected chi connectivity index (χ2v) is 4.46. The Morgan fingerprint density at radius 2 is 1.95 bits per heavy atom. The topological polar surface area (TPSA) is 116 Å². The van der Waals surface area contributed by atoms with E-state index in [1.54, 1.807) is 19.1 Å². The van der Waals surface area contributed by atoms with E-state index in [0.717, 1.165) is 5.56 Å². The number of carbonyl (C=O) groups excluding carboxylic acids is 1. The largest absolute Gasteiger partial charge is 0.481 e. The molecule has 0 aliphatic carbocycles. The van der Waals surface area contributed by atoms with E-state index >= 15 is 0 Å². The number of carboxylic acid groups (broad SMARTS) is 2. The van der Waals surface area contributed by atoms with Gasteiger partial charge in [0.2, 0.25) is 0 Å². The number of rotatable bonds is 5. The quantitative estimate of drug-likeness (QED) is 0.660. The number of aliphatic carboxylic acids is 2. The van der Waals surface area contributed by atoms with E-state index in [2.05, 4.69) is 10.6 Å². The molecule has 0 radical (unpaired) electrons. The molecule has 2 amide bonds. The first-order valence-corrected chi connectivity index (χ1v) is 5.95. The number of nitrogens with one attached hydrogen (secondary N) is 2. The van der Waals surface area contributed by atoms with Gasteiger partial charge in [0.15, 0.2) is 0 Å². The van der Waals surface area contributed by atoms with Crippen LogP contribution in [0.4, 0.5) is 10.5 Å². The molecule has 0 bridgehead atoms. The Kier molecular flexibility index (Phi) is 5.33. The van der Waals surface area contributed by atoms with E-state index in [0.29, 0.717) is 10.7 Å². The van der Waals surface area contributed by atoms with Crippen LogP contribution >= 0.6 is 11.6 Å². The molecule has 7 nitrogen and oxygen atoms in total. The molecule has 108 valence electrons. The van der Waals surface area contributed by atoms with Gasteiger partial charge in [0.25, 0.3) is 0 Å². The highest BCUT2D eigenvalue weighted by atomic mass is 35.5. The number of hydrogen-bond acceptors (Lipinski definition) is 3. The van der Waals surface area contributed by atoms with Crippen molar-refractivity contribution in [2.45, 2.75) is 19.4 Å². The highest BCUT2D eigenvalue weighted by Crippen LogP contribution is 2.19. The van der Waals surface area contributed by atoms with Crippen LogP contribution in [0, 0.1) is 6.92 Å². The lowest BCUT2D eigenvalue weighted by Gasteiger charge is -2.13. The maximum Gasteiger partial charge on any atom is 0.326 e. The predicted octanol–water partition coefficient (Wildman–Crippen LogP) is 1.70. The van der Waals surface area contributed by atoms with Crippen LogP contribution in [0.25, 0.3) is 0 Å². The van der Waals surface area contributed by atoms with Gasteiger partial charge < -0.3 is 20.8 Å². The van der Waals surface area contributed by atoms with E-state index in [-0.39, 0.29) is 0 Å². The molecule has 0 spiro atoms. The highest BCUT2D eigenvalue weighted by molar-refractivity contribution is 6.31. The van der Waals surface area contributed by atoms with Crippen LogP contribution in [0.5, 0.6) is 0 Å². The molecule has 1 aromatic rings. The smallest absolute Gasteiger partial charge is 0.326 e. The minimum atomic E-state index is -1.51. The first kappa shape index (κ1) is 15.8. The average Bonchev–Trinajstić information content (AvgIpc) is 2.32. The fourth-order valence-corrected chi connectivity index (χ4v) is 1.55. The fourth-order valence-electron chi connectivity index (χ4n) is 1.37. The molecule has 4 N–H and O–H groups in total. The Bertz CT molecular complexity index is 547. The summed E-state index contributed by atoms with van der Waals surface area (Å²) in [6, 6.07) is 2.45. The second kappa shape index (κ2) is 6.76. The number of benzene rings is 1. The fraction of sp³-hybridized carbons (Fsp3) is 0.250. The van der Waals surface area contributed by atoms with Gasteiger partial charge in [-0.25, -0.2) is 9.59 Å². The van der Waals surface area contributed by atoms with Gasteiger partial charge in [0, 0.05) is 10.7 Å². The Labute approximate surface area is 119 Å². The maximum absolute atomic E-state index is 11.6. The standard InChI is InChI=1S/C12H13ClN2O5/c1-6-2-3-7(4-8(6)13)14-12(20)15-9(11(18)19)5-10(16)17/h2-4,9H,5H2,1H3,(H,16,17)(H,18,19)(H2,14,15,20). The molecular weight excluding hydrogens is 288 g/mol. The van der Waals surface area contributed by atoms with E-state index in [1.165, 1.54) is 6.07 Å². The zero-order valence-corrected chi connectivity index (χ0v) is 11.3. The summed E-state index contributed by atoms with van der Waals surface area (Å²) < 4.78 is 0. The van der Waals surface area contributed by atoms with Gasteiger partial charge >= 0.3 is 18.0 Å². The highest BCUT2D eigenvalue weighted by Gasteiger charge is 2.22. The van der Waals surface area contributed by atoms with E-state index in [9.17, 15) is 14.4 Å². The van der Waals surface area contributed by atoms with E-state index in [1.807, 2.05) is 0 Å². The number of amides is 2. The number of aryl methyl sites for hydroxylation is 1. The monoisotopic (exact) mass is 300 g/mol. The van der Waals surface area contributed by atoms with Crippen LogP contribution in [0.1, 0.15) is 12.0 Å². The summed E-state index contributed by atoms with van der Waals surface area (Å²) >= 11 is 5.88. The lowest BCUT2D eigenvalue weighted by Crippen LogP contribution is -2.44. The summed E-state index contributed by atoms with van der Waals surface area (Å²) in [5, 5.41) is 22.2. The summed E-state index contributed by atoms with van der Waals surface area (Å²) in [7, 11) is 0. The van der Waals surface area contributed by atoms with Crippen molar-refractivity contribution in [1.29, 1.82) is 0 Å². The van der Waals surface area contributed by atoms with Crippen molar-refractivity contribution in [2.75, 3.05) is 5.32 Å². The van der Waals surface area contributed by atoms with Crippen LogP contribution in [0.15, 0.2) is 18.2 Å². The third-order valence-electron chi connectivity index (χ3n) is 2.41. The lowest BCUT2D eigenvalue weighted by molar-refractivity contribution is -0.145. The molecule has 0 aliphatic heterocycles. The summed E-state index contributed by atoms with van der Waals surface area (Å²) in [5.74, 6) is -2.75. The summed E-state index contributed by atoms with van der Waals surface area (Å²) in [5.41, 5.74) is 1.20. The van der Waals surface area contributed by atoms with Crippen molar-refractivity contribution in [3.8, 4) is 0 Å². The normalized spacial score (nSPS) is 11.5. The zero-order valence-electron chi connectivity index (χ0n) is 10.5. The molecule has 0 fully saturated rings. The predicted molar refractivity (Wildman–Crippen MR) is 72.0 cm³/mol. The van der Waals surface area contributed by atoms with Crippen molar-refractivity contribution in [3.05, 3.63) is 28.8 Å². The summed E-state index contributed by atoms with van der Waals surface area (Å²) in [4.78, 5) is 32.9. The van der Waals surface area contributed by atoms with E-state index < -0.39 is 30.4 Å². The number of urea groups is 1. The van der Waals surface area contributed by atoms with E-state index in [4.69, 9.17) is 21.8 Å². The number of carboxylic acids is 2. The van der Waals surface area contributed by atoms with Gasteiger partial charge in [-0.15, -0.1) is 0 Å². The minimum absolute atomic E-state index is 0.373. The molecule has 20 heavy (non-hydrogen) atoms. The minimum Gasteiger partial charge on any atom is -0.481 e. The number of anilines is 1. The second-order valence-electron chi connectivity index (χ2n) is 4.05. The Balaban J connectivity index is 2.67. The van der Waals surface area contributed by atoms with Gasteiger partial charge in [-0.05, 0) is 24.6 Å². The van der Waals surface area contributed by atoms with Gasteiger partial charge in [-0.3, -0.25) is 4.79 Å². The molecule has 0 saturated heterocycles. The van der Waals surface area contributed by atoms with Crippen molar-refractivity contribution >= 4 is 35.3 Å². The van der Waals surface area contributed by atoms with Crippen LogP contribution in [-0.4, -0.2) is 34.2 Å². The van der Waals surface area contributed by atoms with Crippen molar-refractivity contribution in [1.82, 2.24) is 5.32 Å². The van der Waals surface area contributed by atoms with Gasteiger partial charge in [-0.1, -0.05) is 17.7 Å². The zero-order chi connectivity index (χ0) is 15.3. The van der Waals surface area contributed by atoms with Crippen LogP contribution in [0.2, 0.25) is 5.02 Å². The molecule has 1 unspecified atom stereocenters. The van der Waals surface area contributed by atoms with Crippen molar-refractivity contribution < 1.29 is 24.6 Å². The lowest BCUT2D eigenvalue weighted by atomic mass is 10.2. The molecule has 1 atom stereocenters. The summed E-state index contributed by atoms with van der Waals surface area (Å²) in [6.45, 7) is 1.79. The first-order valence-electron chi connectivity index (χ1n) is 5.58. The maximum atomic E-state index is 11.6. The molecule has 8 heteroatoms.